The smallest absolute Gasteiger partial charge is 0.0323 e. The molecule has 0 aromatic heterocycles. The van der Waals surface area contributed by atoms with Crippen LogP contribution in [0.5, 0.6) is 0 Å². The highest BCUT2D eigenvalue weighted by atomic mass is 14.9. The lowest BCUT2D eigenvalue weighted by Gasteiger charge is -2.31. The first-order valence-corrected chi connectivity index (χ1v) is 7.58. The third kappa shape index (κ3) is 2.47. The second kappa shape index (κ2) is 5.05. The normalized spacial score (nSPS) is 28.8. The molecule has 3 unspecified atom stereocenters. The molecule has 0 radical (unpaired) electrons. The van der Waals surface area contributed by atoms with E-state index in [-0.39, 0.29) is 0 Å². The van der Waals surface area contributed by atoms with Crippen molar-refractivity contribution in [3.63, 3.8) is 0 Å². The van der Waals surface area contributed by atoms with Gasteiger partial charge in [0.2, 0.25) is 0 Å². The molecule has 18 heavy (non-hydrogen) atoms. The van der Waals surface area contributed by atoms with Crippen LogP contribution in [0.25, 0.3) is 0 Å². The summed E-state index contributed by atoms with van der Waals surface area (Å²) in [5.74, 6) is 2.60. The van der Waals surface area contributed by atoms with Gasteiger partial charge in [-0.05, 0) is 61.1 Å². The standard InChI is InChI=1S/C17H25N/c1-12-7-10-17(16-6-4-3-5-15(12)16)18-11-13(2)14-8-9-14/h3-6,12-14,17-18H,7-11H2,1-2H3. The van der Waals surface area contributed by atoms with E-state index in [2.05, 4.69) is 43.4 Å². The molecule has 0 spiro atoms. The Morgan fingerprint density at radius 1 is 1.11 bits per heavy atom. The van der Waals surface area contributed by atoms with Crippen molar-refractivity contribution in [3.8, 4) is 0 Å². The first kappa shape index (κ1) is 12.2. The highest BCUT2D eigenvalue weighted by Crippen LogP contribution is 2.39. The van der Waals surface area contributed by atoms with Gasteiger partial charge in [-0.2, -0.15) is 0 Å². The van der Waals surface area contributed by atoms with Gasteiger partial charge in [-0.25, -0.2) is 0 Å². The van der Waals surface area contributed by atoms with Crippen LogP contribution in [0.15, 0.2) is 24.3 Å². The van der Waals surface area contributed by atoms with Crippen LogP contribution >= 0.6 is 0 Å². The zero-order chi connectivity index (χ0) is 12.5. The zero-order valence-corrected chi connectivity index (χ0v) is 11.7. The molecule has 1 aromatic carbocycles. The summed E-state index contributed by atoms with van der Waals surface area (Å²) in [6, 6.07) is 9.61. The molecular formula is C17H25N. The van der Waals surface area contributed by atoms with Gasteiger partial charge in [0.25, 0.3) is 0 Å². The quantitative estimate of drug-likeness (QED) is 0.833. The number of rotatable bonds is 4. The summed E-state index contributed by atoms with van der Waals surface area (Å²) >= 11 is 0. The van der Waals surface area contributed by atoms with E-state index >= 15 is 0 Å². The molecule has 1 nitrogen and oxygen atoms in total. The molecular weight excluding hydrogens is 218 g/mol. The average Bonchev–Trinajstić information content (AvgIpc) is 3.22. The maximum absolute atomic E-state index is 3.82. The molecule has 0 amide bonds. The second-order valence-corrected chi connectivity index (χ2v) is 6.38. The Hall–Kier alpha value is -0.820. The van der Waals surface area contributed by atoms with Crippen LogP contribution < -0.4 is 5.32 Å². The summed E-state index contributed by atoms with van der Waals surface area (Å²) in [7, 11) is 0. The fourth-order valence-electron chi connectivity index (χ4n) is 3.38. The van der Waals surface area contributed by atoms with Crippen molar-refractivity contribution in [2.24, 2.45) is 11.8 Å². The van der Waals surface area contributed by atoms with Gasteiger partial charge < -0.3 is 5.32 Å². The largest absolute Gasteiger partial charge is 0.310 e. The molecule has 0 saturated heterocycles. The fourth-order valence-corrected chi connectivity index (χ4v) is 3.38. The van der Waals surface area contributed by atoms with E-state index in [9.17, 15) is 0 Å². The van der Waals surface area contributed by atoms with Crippen molar-refractivity contribution < 1.29 is 0 Å². The molecule has 98 valence electrons. The average molecular weight is 243 g/mol. The lowest BCUT2D eigenvalue weighted by atomic mass is 9.81. The SMILES string of the molecule is CC1CCC(NCC(C)C2CC2)c2ccccc21. The van der Waals surface area contributed by atoms with Crippen LogP contribution in [0.3, 0.4) is 0 Å². The van der Waals surface area contributed by atoms with Crippen molar-refractivity contribution in [2.75, 3.05) is 6.54 Å². The summed E-state index contributed by atoms with van der Waals surface area (Å²) in [6.45, 7) is 5.96. The van der Waals surface area contributed by atoms with E-state index in [0.29, 0.717) is 6.04 Å². The van der Waals surface area contributed by atoms with Crippen molar-refractivity contribution in [3.05, 3.63) is 35.4 Å². The summed E-state index contributed by atoms with van der Waals surface area (Å²) in [5.41, 5.74) is 3.12. The Morgan fingerprint density at radius 2 is 1.83 bits per heavy atom. The molecule has 2 aliphatic carbocycles. The van der Waals surface area contributed by atoms with Crippen LogP contribution in [-0.4, -0.2) is 6.54 Å². The number of hydrogen-bond donors (Lipinski definition) is 1. The topological polar surface area (TPSA) is 12.0 Å². The molecule has 3 rings (SSSR count). The minimum Gasteiger partial charge on any atom is -0.310 e. The maximum atomic E-state index is 3.82. The van der Waals surface area contributed by atoms with Crippen molar-refractivity contribution in [1.82, 2.24) is 5.32 Å². The Morgan fingerprint density at radius 3 is 2.56 bits per heavy atom. The predicted octanol–water partition coefficient (Wildman–Crippen LogP) is 4.26. The van der Waals surface area contributed by atoms with Gasteiger partial charge in [-0.1, -0.05) is 38.1 Å². The van der Waals surface area contributed by atoms with Crippen LogP contribution in [0, 0.1) is 11.8 Å². The van der Waals surface area contributed by atoms with E-state index in [1.54, 1.807) is 11.1 Å². The molecule has 1 heteroatoms. The molecule has 1 fully saturated rings. The van der Waals surface area contributed by atoms with E-state index in [0.717, 1.165) is 17.8 Å². The molecule has 1 N–H and O–H groups in total. The second-order valence-electron chi connectivity index (χ2n) is 6.38. The summed E-state index contributed by atoms with van der Waals surface area (Å²) in [6.07, 6.45) is 5.55. The van der Waals surface area contributed by atoms with E-state index in [4.69, 9.17) is 0 Å². The number of fused-ring (bicyclic) bond motifs is 1. The van der Waals surface area contributed by atoms with Crippen LogP contribution in [-0.2, 0) is 0 Å². The lowest BCUT2D eigenvalue weighted by Crippen LogP contribution is -2.30. The van der Waals surface area contributed by atoms with Crippen LogP contribution in [0.2, 0.25) is 0 Å². The zero-order valence-electron chi connectivity index (χ0n) is 11.7. The number of nitrogens with one attached hydrogen (secondary N) is 1. The monoisotopic (exact) mass is 243 g/mol. The van der Waals surface area contributed by atoms with E-state index in [1.807, 2.05) is 0 Å². The highest BCUT2D eigenvalue weighted by Gasteiger charge is 2.29. The van der Waals surface area contributed by atoms with Gasteiger partial charge >= 0.3 is 0 Å². The number of hydrogen-bond acceptors (Lipinski definition) is 1. The van der Waals surface area contributed by atoms with Gasteiger partial charge in [0.15, 0.2) is 0 Å². The Balaban J connectivity index is 1.67. The molecule has 2 aliphatic rings. The minimum absolute atomic E-state index is 0.596. The highest BCUT2D eigenvalue weighted by molar-refractivity contribution is 5.34. The van der Waals surface area contributed by atoms with Crippen LogP contribution in [0.4, 0.5) is 0 Å². The predicted molar refractivity (Wildman–Crippen MR) is 76.7 cm³/mol. The third-order valence-corrected chi connectivity index (χ3v) is 4.90. The third-order valence-electron chi connectivity index (χ3n) is 4.90. The summed E-state index contributed by atoms with van der Waals surface area (Å²) in [4.78, 5) is 0. The Labute approximate surface area is 111 Å². The van der Waals surface area contributed by atoms with Crippen molar-refractivity contribution >= 4 is 0 Å². The van der Waals surface area contributed by atoms with Gasteiger partial charge in [-0.15, -0.1) is 0 Å². The summed E-state index contributed by atoms with van der Waals surface area (Å²) < 4.78 is 0. The molecule has 0 aliphatic heterocycles. The Kier molecular flexibility index (Phi) is 3.43. The molecule has 0 bridgehead atoms. The van der Waals surface area contributed by atoms with Gasteiger partial charge in [0.05, 0.1) is 0 Å². The van der Waals surface area contributed by atoms with Gasteiger partial charge in [-0.3, -0.25) is 0 Å². The minimum atomic E-state index is 0.596. The maximum Gasteiger partial charge on any atom is 0.0323 e. The Bertz CT molecular complexity index is 408. The molecule has 0 heterocycles. The van der Waals surface area contributed by atoms with Crippen LogP contribution in [0.1, 0.15) is 62.6 Å². The number of benzene rings is 1. The van der Waals surface area contributed by atoms with Gasteiger partial charge in [0.1, 0.15) is 0 Å². The lowest BCUT2D eigenvalue weighted by molar-refractivity contribution is 0.380. The van der Waals surface area contributed by atoms with Crippen molar-refractivity contribution in [1.29, 1.82) is 0 Å². The fraction of sp³-hybridized carbons (Fsp3) is 0.647. The summed E-state index contributed by atoms with van der Waals surface area (Å²) in [5, 5.41) is 3.82. The van der Waals surface area contributed by atoms with E-state index in [1.165, 1.54) is 32.2 Å². The van der Waals surface area contributed by atoms with E-state index < -0.39 is 0 Å². The molecule has 1 saturated carbocycles. The first-order valence-electron chi connectivity index (χ1n) is 7.58. The molecule has 1 aromatic rings. The van der Waals surface area contributed by atoms with Crippen molar-refractivity contribution in [2.45, 2.75) is 51.5 Å². The van der Waals surface area contributed by atoms with Gasteiger partial charge in [0, 0.05) is 6.04 Å². The molecule has 3 atom stereocenters. The first-order chi connectivity index (χ1) is 8.75.